The van der Waals surface area contributed by atoms with Crippen LogP contribution in [0.3, 0.4) is 0 Å². The fourth-order valence-corrected chi connectivity index (χ4v) is 5.47. The molecule has 5 rings (SSSR count). The van der Waals surface area contributed by atoms with E-state index in [2.05, 4.69) is 65.1 Å². The summed E-state index contributed by atoms with van der Waals surface area (Å²) in [6.07, 6.45) is 8.57. The van der Waals surface area contributed by atoms with Gasteiger partial charge in [0.05, 0.1) is 0 Å². The number of nitrogens with zero attached hydrogens (tertiary/aromatic N) is 3. The van der Waals surface area contributed by atoms with Gasteiger partial charge in [-0.2, -0.15) is 0 Å². The summed E-state index contributed by atoms with van der Waals surface area (Å²) < 4.78 is 0. The molecule has 0 spiro atoms. The molecule has 2 heterocycles. The first-order valence-corrected chi connectivity index (χ1v) is 14.2. The van der Waals surface area contributed by atoms with Crippen LogP contribution in [-0.4, -0.2) is 41.9 Å². The number of rotatable bonds is 8. The van der Waals surface area contributed by atoms with E-state index in [1.54, 1.807) is 7.05 Å². The molecule has 3 aliphatic rings. The normalized spacial score (nSPS) is 25.1. The van der Waals surface area contributed by atoms with Gasteiger partial charge < -0.3 is 16.0 Å². The Kier molecular flexibility index (Phi) is 8.43. The molecule has 8 nitrogen and oxygen atoms in total. The molecule has 0 aromatic heterocycles. The fourth-order valence-electron chi connectivity index (χ4n) is 5.47. The van der Waals surface area contributed by atoms with Gasteiger partial charge in [-0.15, -0.1) is 0 Å². The van der Waals surface area contributed by atoms with E-state index in [-0.39, 0.29) is 17.3 Å². The first-order valence-electron chi connectivity index (χ1n) is 14.2. The van der Waals surface area contributed by atoms with E-state index >= 15 is 0 Å². The van der Waals surface area contributed by atoms with Gasteiger partial charge in [-0.25, -0.2) is 0 Å². The van der Waals surface area contributed by atoms with Crippen molar-refractivity contribution >= 4 is 29.1 Å². The van der Waals surface area contributed by atoms with Gasteiger partial charge in [-0.3, -0.25) is 25.1 Å². The Morgan fingerprint density at radius 3 is 2.60 bits per heavy atom. The van der Waals surface area contributed by atoms with Gasteiger partial charge in [0.15, 0.2) is 0 Å². The highest BCUT2D eigenvalue weighted by molar-refractivity contribution is 6.30. The molecule has 1 aliphatic carbocycles. The van der Waals surface area contributed by atoms with Gasteiger partial charge in [-0.05, 0) is 53.9 Å². The predicted octanol–water partition coefficient (Wildman–Crippen LogP) is 5.27. The average Bonchev–Trinajstić information content (AvgIpc) is 3.38. The van der Waals surface area contributed by atoms with Crippen LogP contribution >= 0.6 is 0 Å². The minimum Gasteiger partial charge on any atom is -0.367 e. The molecular weight excluding hydrogens is 498 g/mol. The highest BCUT2D eigenvalue weighted by atomic mass is 16.2. The smallest absolute Gasteiger partial charge is 0.267 e. The number of guanidine groups is 1. The number of carbonyl (C=O) groups is 1. The molecule has 2 fully saturated rings. The summed E-state index contributed by atoms with van der Waals surface area (Å²) in [5.74, 6) is 2.31. The van der Waals surface area contributed by atoms with E-state index in [9.17, 15) is 4.79 Å². The molecule has 2 aromatic rings. The summed E-state index contributed by atoms with van der Waals surface area (Å²) in [7, 11) is 1.71. The van der Waals surface area contributed by atoms with Crippen molar-refractivity contribution in [2.45, 2.75) is 46.1 Å². The van der Waals surface area contributed by atoms with Crippen molar-refractivity contribution in [2.75, 3.05) is 18.9 Å². The summed E-state index contributed by atoms with van der Waals surface area (Å²) in [4.78, 5) is 24.4. The van der Waals surface area contributed by atoms with Crippen molar-refractivity contribution < 1.29 is 4.79 Å². The molecule has 208 valence electrons. The van der Waals surface area contributed by atoms with Crippen LogP contribution in [0.2, 0.25) is 0 Å². The topological polar surface area (TPSA) is 105 Å². The Morgan fingerprint density at radius 2 is 1.90 bits per heavy atom. The first kappa shape index (κ1) is 27.4. The molecule has 1 amide bonds. The molecule has 1 unspecified atom stereocenters. The Labute approximate surface area is 236 Å². The van der Waals surface area contributed by atoms with E-state index in [0.717, 1.165) is 28.9 Å². The summed E-state index contributed by atoms with van der Waals surface area (Å²) in [6, 6.07) is 18.0. The zero-order chi connectivity index (χ0) is 28.1. The van der Waals surface area contributed by atoms with E-state index < -0.39 is 0 Å². The fraction of sp³-hybridized carbons (Fsp3) is 0.375. The van der Waals surface area contributed by atoms with Crippen LogP contribution in [0.4, 0.5) is 5.69 Å². The van der Waals surface area contributed by atoms with Crippen molar-refractivity contribution in [1.29, 1.82) is 5.41 Å². The van der Waals surface area contributed by atoms with Crippen LogP contribution in [-0.2, 0) is 11.3 Å². The van der Waals surface area contributed by atoms with Crippen LogP contribution < -0.4 is 16.0 Å². The van der Waals surface area contributed by atoms with E-state index in [0.29, 0.717) is 42.6 Å². The molecule has 2 aromatic carbocycles. The number of anilines is 1. The van der Waals surface area contributed by atoms with Crippen LogP contribution in [0.25, 0.3) is 0 Å². The number of para-hydroxylation sites is 1. The van der Waals surface area contributed by atoms with Gasteiger partial charge >= 0.3 is 0 Å². The second-order valence-corrected chi connectivity index (χ2v) is 11.1. The average molecular weight is 538 g/mol. The molecule has 40 heavy (non-hydrogen) atoms. The maximum atomic E-state index is 13.6. The summed E-state index contributed by atoms with van der Waals surface area (Å²) in [6.45, 7) is 5.61. The van der Waals surface area contributed by atoms with Gasteiger partial charge in [0, 0.05) is 37.7 Å². The SMILES string of the molecule is CC1C=CN=C(c2ccc(CN/C(Nc3ccccc3)=C3\C(=N)N/C(=N\C[C@@H]4CCC[C@@H]4C)N(C)C3=O)cc2)C1. The molecule has 1 saturated carbocycles. The largest absolute Gasteiger partial charge is 0.367 e. The van der Waals surface area contributed by atoms with Crippen LogP contribution in [0, 0.1) is 23.2 Å². The van der Waals surface area contributed by atoms with Crippen LogP contribution in [0.5, 0.6) is 0 Å². The number of aliphatic imine (C=N–C) groups is 2. The first-order chi connectivity index (χ1) is 19.4. The third-order valence-corrected chi connectivity index (χ3v) is 8.05. The molecule has 1 saturated heterocycles. The number of nitrogens with one attached hydrogen (secondary N) is 4. The van der Waals surface area contributed by atoms with Gasteiger partial charge in [0.1, 0.15) is 17.2 Å². The molecule has 4 N–H and O–H groups in total. The van der Waals surface area contributed by atoms with Crippen molar-refractivity contribution in [3.63, 3.8) is 0 Å². The quantitative estimate of drug-likeness (QED) is 0.344. The number of benzene rings is 2. The molecular formula is C32H39N7O. The minimum atomic E-state index is -0.277. The van der Waals surface area contributed by atoms with Crippen molar-refractivity contribution in [1.82, 2.24) is 15.5 Å². The second-order valence-electron chi connectivity index (χ2n) is 11.1. The molecule has 8 heteroatoms. The highest BCUT2D eigenvalue weighted by Gasteiger charge is 2.33. The Hall–Kier alpha value is -4.20. The number of hydrogen-bond donors (Lipinski definition) is 4. The van der Waals surface area contributed by atoms with Crippen molar-refractivity contribution in [2.24, 2.45) is 27.7 Å². The number of allylic oxidation sites excluding steroid dienone is 1. The van der Waals surface area contributed by atoms with E-state index in [4.69, 9.17) is 10.4 Å². The molecule has 0 bridgehead atoms. The molecule has 2 aliphatic heterocycles. The number of likely N-dealkylation sites (N-methyl/N-ethyl adjacent to an activating group) is 1. The lowest BCUT2D eigenvalue weighted by molar-refractivity contribution is -0.122. The van der Waals surface area contributed by atoms with Crippen molar-refractivity contribution in [3.8, 4) is 0 Å². The third-order valence-electron chi connectivity index (χ3n) is 8.05. The Morgan fingerprint density at radius 1 is 1.12 bits per heavy atom. The van der Waals surface area contributed by atoms with Gasteiger partial charge in [-0.1, -0.05) is 75.2 Å². The van der Waals surface area contributed by atoms with E-state index in [1.807, 2.05) is 36.5 Å². The third kappa shape index (κ3) is 6.33. The zero-order valence-electron chi connectivity index (χ0n) is 23.6. The van der Waals surface area contributed by atoms with Crippen LogP contribution in [0.1, 0.15) is 50.7 Å². The van der Waals surface area contributed by atoms with Gasteiger partial charge in [0.25, 0.3) is 5.91 Å². The maximum absolute atomic E-state index is 13.6. The molecule has 3 atom stereocenters. The predicted molar refractivity (Wildman–Crippen MR) is 162 cm³/mol. The summed E-state index contributed by atoms with van der Waals surface area (Å²) in [5, 5.41) is 18.6. The lowest BCUT2D eigenvalue weighted by Gasteiger charge is -2.30. The second kappa shape index (κ2) is 12.3. The number of carbonyl (C=O) groups excluding carboxylic acids is 1. The monoisotopic (exact) mass is 537 g/mol. The lowest BCUT2D eigenvalue weighted by atomic mass is 9.96. The highest BCUT2D eigenvalue weighted by Crippen LogP contribution is 2.31. The lowest BCUT2D eigenvalue weighted by Crippen LogP contribution is -2.54. The minimum absolute atomic E-state index is 0.0279. The van der Waals surface area contributed by atoms with Crippen molar-refractivity contribution in [3.05, 3.63) is 89.4 Å². The Balaban J connectivity index is 1.35. The van der Waals surface area contributed by atoms with Gasteiger partial charge in [0.2, 0.25) is 5.96 Å². The molecule has 0 radical (unpaired) electrons. The van der Waals surface area contributed by atoms with Crippen LogP contribution in [0.15, 0.2) is 88.3 Å². The standard InChI is InChI=1S/C32H39N7O/c1-21-16-17-34-27(18-21)24-14-12-23(13-15-24)19-35-30(37-26-10-5-4-6-11-26)28-29(33)38-32(39(3)31(28)40)36-20-25-9-7-8-22(25)2/h4-6,10-17,21-22,25,35,37H,7-9,18-20H2,1-3H3,(H2,33,36,38)/b30-28-/t21?,22-,25-/m0/s1. The summed E-state index contributed by atoms with van der Waals surface area (Å²) >= 11 is 0. The zero-order valence-corrected chi connectivity index (χ0v) is 23.6. The number of amides is 1. The number of amidine groups is 1. The van der Waals surface area contributed by atoms with E-state index in [1.165, 1.54) is 24.2 Å². The maximum Gasteiger partial charge on any atom is 0.267 e. The summed E-state index contributed by atoms with van der Waals surface area (Å²) in [5.41, 5.74) is 4.34. The Bertz CT molecular complexity index is 1360. The number of hydrogen-bond acceptors (Lipinski definition) is 6.